The molecule has 0 fully saturated rings. The van der Waals surface area contributed by atoms with E-state index in [0.29, 0.717) is 0 Å². The number of fused-ring (bicyclic) bond motifs is 1. The molecule has 0 unspecified atom stereocenters. The van der Waals surface area contributed by atoms with Crippen molar-refractivity contribution >= 4 is 27.0 Å². The maximum atomic E-state index is 4.62. The molecule has 0 aliphatic heterocycles. The second-order valence-electron chi connectivity index (χ2n) is 4.77. The number of nitrogens with zero attached hydrogens (tertiary/aromatic N) is 3. The van der Waals surface area contributed by atoms with Gasteiger partial charge in [0.25, 0.3) is 0 Å². The zero-order chi connectivity index (χ0) is 13.6. The van der Waals surface area contributed by atoms with Gasteiger partial charge in [-0.2, -0.15) is 0 Å². The SMILES string of the molecule is Cc1ccc(-c2nc(C)nc3c2c(Br)cn3C)cc1. The zero-order valence-electron chi connectivity index (χ0n) is 11.1. The fourth-order valence-electron chi connectivity index (χ4n) is 2.25. The van der Waals surface area contributed by atoms with Crippen molar-refractivity contribution in [3.8, 4) is 11.3 Å². The van der Waals surface area contributed by atoms with Crippen LogP contribution in [0, 0.1) is 13.8 Å². The Labute approximate surface area is 120 Å². The summed E-state index contributed by atoms with van der Waals surface area (Å²) in [4.78, 5) is 9.14. The van der Waals surface area contributed by atoms with Crippen molar-refractivity contribution in [2.24, 2.45) is 7.05 Å². The lowest BCUT2D eigenvalue weighted by Gasteiger charge is -2.06. The molecule has 4 heteroatoms. The van der Waals surface area contributed by atoms with Crippen LogP contribution in [-0.4, -0.2) is 14.5 Å². The molecular weight excluding hydrogens is 302 g/mol. The first kappa shape index (κ1) is 12.4. The molecule has 0 aliphatic rings. The summed E-state index contributed by atoms with van der Waals surface area (Å²) in [5, 5.41) is 1.07. The summed E-state index contributed by atoms with van der Waals surface area (Å²) in [7, 11) is 2.00. The van der Waals surface area contributed by atoms with E-state index in [-0.39, 0.29) is 0 Å². The summed E-state index contributed by atoms with van der Waals surface area (Å²) in [5.74, 6) is 0.789. The molecule has 0 saturated heterocycles. The third-order valence-electron chi connectivity index (χ3n) is 3.21. The lowest BCUT2D eigenvalue weighted by Crippen LogP contribution is -1.96. The van der Waals surface area contributed by atoms with Gasteiger partial charge in [-0.3, -0.25) is 0 Å². The number of halogens is 1. The second kappa shape index (κ2) is 4.46. The maximum Gasteiger partial charge on any atom is 0.145 e. The second-order valence-corrected chi connectivity index (χ2v) is 5.63. The van der Waals surface area contributed by atoms with Gasteiger partial charge in [0.05, 0.1) is 11.1 Å². The number of aromatic nitrogens is 3. The highest BCUT2D eigenvalue weighted by molar-refractivity contribution is 9.10. The molecule has 96 valence electrons. The third-order valence-corrected chi connectivity index (χ3v) is 3.81. The number of benzene rings is 1. The van der Waals surface area contributed by atoms with Crippen molar-refractivity contribution in [3.63, 3.8) is 0 Å². The summed E-state index contributed by atoms with van der Waals surface area (Å²) >= 11 is 3.60. The number of aryl methyl sites for hydroxylation is 3. The fourth-order valence-corrected chi connectivity index (χ4v) is 2.92. The van der Waals surface area contributed by atoms with Crippen LogP contribution in [0.2, 0.25) is 0 Å². The van der Waals surface area contributed by atoms with Crippen molar-refractivity contribution in [1.29, 1.82) is 0 Å². The van der Waals surface area contributed by atoms with Crippen molar-refractivity contribution in [1.82, 2.24) is 14.5 Å². The quantitative estimate of drug-likeness (QED) is 0.679. The molecule has 3 nitrogen and oxygen atoms in total. The molecule has 2 aromatic heterocycles. The Morgan fingerprint density at radius 1 is 1.05 bits per heavy atom. The van der Waals surface area contributed by atoms with E-state index in [0.717, 1.165) is 32.6 Å². The molecule has 0 radical (unpaired) electrons. The average molecular weight is 316 g/mol. The van der Waals surface area contributed by atoms with Crippen LogP contribution in [0.25, 0.3) is 22.3 Å². The minimum absolute atomic E-state index is 0.789. The first-order valence-corrected chi connectivity index (χ1v) is 6.92. The Bertz CT molecular complexity index is 757. The van der Waals surface area contributed by atoms with E-state index >= 15 is 0 Å². The molecule has 0 amide bonds. The van der Waals surface area contributed by atoms with Crippen LogP contribution in [0.15, 0.2) is 34.9 Å². The van der Waals surface area contributed by atoms with Crippen LogP contribution in [-0.2, 0) is 7.05 Å². The average Bonchev–Trinajstić information content (AvgIpc) is 2.65. The summed E-state index contributed by atoms with van der Waals surface area (Å²) in [6, 6.07) is 8.43. The highest BCUT2D eigenvalue weighted by Gasteiger charge is 2.14. The standard InChI is InChI=1S/C15H14BrN3/c1-9-4-6-11(7-5-9)14-13-12(16)8-19(3)15(13)18-10(2)17-14/h4-8H,1-3H3. The van der Waals surface area contributed by atoms with E-state index in [9.17, 15) is 0 Å². The van der Waals surface area contributed by atoms with Gasteiger partial charge >= 0.3 is 0 Å². The van der Waals surface area contributed by atoms with Crippen LogP contribution in [0.4, 0.5) is 0 Å². The van der Waals surface area contributed by atoms with E-state index in [1.54, 1.807) is 0 Å². The molecular formula is C15H14BrN3. The summed E-state index contributed by atoms with van der Waals surface area (Å²) in [6.45, 7) is 4.01. The van der Waals surface area contributed by atoms with E-state index in [2.05, 4.69) is 57.1 Å². The zero-order valence-corrected chi connectivity index (χ0v) is 12.7. The largest absolute Gasteiger partial charge is 0.334 e. The molecule has 1 aromatic carbocycles. The van der Waals surface area contributed by atoms with Crippen LogP contribution in [0.5, 0.6) is 0 Å². The fraction of sp³-hybridized carbons (Fsp3) is 0.200. The number of hydrogen-bond acceptors (Lipinski definition) is 2. The van der Waals surface area contributed by atoms with Gasteiger partial charge in [0.15, 0.2) is 0 Å². The van der Waals surface area contributed by atoms with Gasteiger partial charge in [-0.1, -0.05) is 29.8 Å². The number of hydrogen-bond donors (Lipinski definition) is 0. The Morgan fingerprint density at radius 2 is 1.74 bits per heavy atom. The molecule has 19 heavy (non-hydrogen) atoms. The number of rotatable bonds is 1. The van der Waals surface area contributed by atoms with E-state index < -0.39 is 0 Å². The van der Waals surface area contributed by atoms with E-state index in [4.69, 9.17) is 0 Å². The highest BCUT2D eigenvalue weighted by atomic mass is 79.9. The van der Waals surface area contributed by atoms with Crippen molar-refractivity contribution in [2.75, 3.05) is 0 Å². The Morgan fingerprint density at radius 3 is 2.42 bits per heavy atom. The Hall–Kier alpha value is -1.68. The molecule has 3 aromatic rings. The first-order valence-electron chi connectivity index (χ1n) is 6.12. The van der Waals surface area contributed by atoms with Gasteiger partial charge in [0.2, 0.25) is 0 Å². The maximum absolute atomic E-state index is 4.62. The van der Waals surface area contributed by atoms with Crippen molar-refractivity contribution < 1.29 is 0 Å². The predicted octanol–water partition coefficient (Wildman–Crippen LogP) is 4.01. The molecule has 3 rings (SSSR count). The van der Waals surface area contributed by atoms with Crippen molar-refractivity contribution in [2.45, 2.75) is 13.8 Å². The van der Waals surface area contributed by atoms with Crippen molar-refractivity contribution in [3.05, 3.63) is 46.3 Å². The lowest BCUT2D eigenvalue weighted by molar-refractivity contribution is 0.931. The smallest absolute Gasteiger partial charge is 0.145 e. The normalized spacial score (nSPS) is 11.2. The van der Waals surface area contributed by atoms with Gasteiger partial charge in [-0.15, -0.1) is 0 Å². The Balaban J connectivity index is 2.36. The van der Waals surface area contributed by atoms with E-state index in [1.807, 2.05) is 24.7 Å². The first-order chi connectivity index (χ1) is 9.06. The predicted molar refractivity (Wildman–Crippen MR) is 81.1 cm³/mol. The summed E-state index contributed by atoms with van der Waals surface area (Å²) < 4.78 is 3.05. The summed E-state index contributed by atoms with van der Waals surface area (Å²) in [5.41, 5.74) is 4.30. The molecule has 0 saturated carbocycles. The third kappa shape index (κ3) is 2.06. The van der Waals surface area contributed by atoms with Gasteiger partial charge < -0.3 is 4.57 Å². The highest BCUT2D eigenvalue weighted by Crippen LogP contribution is 2.32. The van der Waals surface area contributed by atoms with Crippen LogP contribution in [0.1, 0.15) is 11.4 Å². The van der Waals surface area contributed by atoms with Crippen LogP contribution >= 0.6 is 15.9 Å². The molecule has 0 aliphatic carbocycles. The monoisotopic (exact) mass is 315 g/mol. The van der Waals surface area contributed by atoms with Gasteiger partial charge in [-0.05, 0) is 29.8 Å². The van der Waals surface area contributed by atoms with Gasteiger partial charge in [-0.25, -0.2) is 9.97 Å². The molecule has 0 N–H and O–H groups in total. The minimum Gasteiger partial charge on any atom is -0.334 e. The Kier molecular flexibility index (Phi) is 2.90. The molecule has 2 heterocycles. The molecule has 0 bridgehead atoms. The van der Waals surface area contributed by atoms with Crippen LogP contribution < -0.4 is 0 Å². The topological polar surface area (TPSA) is 30.7 Å². The lowest BCUT2D eigenvalue weighted by atomic mass is 10.1. The summed E-state index contributed by atoms with van der Waals surface area (Å²) in [6.07, 6.45) is 2.02. The minimum atomic E-state index is 0.789. The molecule has 0 spiro atoms. The van der Waals surface area contributed by atoms with E-state index in [1.165, 1.54) is 5.56 Å². The van der Waals surface area contributed by atoms with Gasteiger partial charge in [0, 0.05) is 23.3 Å². The van der Waals surface area contributed by atoms with Crippen LogP contribution in [0.3, 0.4) is 0 Å². The van der Waals surface area contributed by atoms with Gasteiger partial charge in [0.1, 0.15) is 11.5 Å². The molecule has 0 atom stereocenters.